The molecule has 4 nitrogen and oxygen atoms in total. The van der Waals surface area contributed by atoms with E-state index >= 15 is 0 Å². The summed E-state index contributed by atoms with van der Waals surface area (Å²) in [5, 5.41) is 12.0. The number of anilines is 1. The lowest BCUT2D eigenvalue weighted by atomic mass is 9.92. The minimum atomic E-state index is -0.971. The maximum Gasteiger partial charge on any atom is 0.336 e. The predicted octanol–water partition coefficient (Wildman–Crippen LogP) is 2.84. The minimum Gasteiger partial charge on any atom is -0.478 e. The zero-order valence-corrected chi connectivity index (χ0v) is 11.3. The first kappa shape index (κ1) is 12.9. The van der Waals surface area contributed by atoms with Crippen molar-refractivity contribution in [3.63, 3.8) is 0 Å². The quantitative estimate of drug-likeness (QED) is 0.831. The molecular formula is C16H17NO3. The third kappa shape index (κ3) is 2.22. The number of carboxylic acids is 1. The first-order chi connectivity index (χ1) is 9.54. The summed E-state index contributed by atoms with van der Waals surface area (Å²) in [6.07, 6.45) is 6.32. The monoisotopic (exact) mass is 271 g/mol. The van der Waals surface area contributed by atoms with Crippen LogP contribution in [0.3, 0.4) is 0 Å². The van der Waals surface area contributed by atoms with Crippen molar-refractivity contribution in [2.75, 3.05) is 5.32 Å². The number of aromatic carboxylic acids is 1. The lowest BCUT2D eigenvalue weighted by Gasteiger charge is -2.18. The molecule has 3 rings (SSSR count). The van der Waals surface area contributed by atoms with Crippen LogP contribution in [0, 0.1) is 24.7 Å². The number of aryl methyl sites for hydroxylation is 1. The number of allylic oxidation sites excluding steroid dienone is 2. The average Bonchev–Trinajstić information content (AvgIpc) is 3.03. The van der Waals surface area contributed by atoms with Crippen LogP contribution < -0.4 is 5.32 Å². The van der Waals surface area contributed by atoms with E-state index in [2.05, 4.69) is 17.5 Å². The lowest BCUT2D eigenvalue weighted by molar-refractivity contribution is -0.120. The van der Waals surface area contributed by atoms with Crippen molar-refractivity contribution >= 4 is 17.6 Å². The first-order valence-electron chi connectivity index (χ1n) is 6.87. The molecule has 0 saturated heterocycles. The number of benzene rings is 1. The summed E-state index contributed by atoms with van der Waals surface area (Å²) in [5.41, 5.74) is 1.48. The molecule has 4 heteroatoms. The van der Waals surface area contributed by atoms with Gasteiger partial charge in [0, 0.05) is 11.6 Å². The largest absolute Gasteiger partial charge is 0.478 e. The van der Waals surface area contributed by atoms with E-state index in [1.54, 1.807) is 19.1 Å². The van der Waals surface area contributed by atoms with E-state index in [0.29, 0.717) is 23.1 Å². The van der Waals surface area contributed by atoms with Gasteiger partial charge in [-0.1, -0.05) is 18.2 Å². The van der Waals surface area contributed by atoms with Gasteiger partial charge in [-0.2, -0.15) is 0 Å². The van der Waals surface area contributed by atoms with E-state index in [1.807, 2.05) is 0 Å². The molecule has 0 heterocycles. The topological polar surface area (TPSA) is 66.4 Å². The van der Waals surface area contributed by atoms with E-state index < -0.39 is 5.97 Å². The van der Waals surface area contributed by atoms with Crippen molar-refractivity contribution < 1.29 is 14.7 Å². The van der Waals surface area contributed by atoms with Crippen LogP contribution in [0.2, 0.25) is 0 Å². The lowest BCUT2D eigenvalue weighted by Crippen LogP contribution is -2.26. The highest BCUT2D eigenvalue weighted by atomic mass is 16.4. The molecule has 3 atom stereocenters. The number of hydrogen-bond acceptors (Lipinski definition) is 2. The molecule has 1 aromatic rings. The zero-order valence-electron chi connectivity index (χ0n) is 11.3. The van der Waals surface area contributed by atoms with Crippen LogP contribution in [0.5, 0.6) is 0 Å². The van der Waals surface area contributed by atoms with Crippen LogP contribution in [-0.2, 0) is 4.79 Å². The maximum atomic E-state index is 12.3. The number of amides is 1. The predicted molar refractivity (Wildman–Crippen MR) is 75.6 cm³/mol. The Kier molecular flexibility index (Phi) is 3.08. The van der Waals surface area contributed by atoms with Gasteiger partial charge in [0.15, 0.2) is 0 Å². The normalized spacial score (nSPS) is 26.8. The highest BCUT2D eigenvalue weighted by Crippen LogP contribution is 2.43. The standard InChI is InChI=1S/C16H17NO3/c1-9-2-5-12(8-13(9)16(19)20)17-15(18)14-7-10-3-4-11(14)6-10/h2-5,8,10-11,14H,6-7H2,1H3,(H,17,18)(H,19,20). The minimum absolute atomic E-state index is 0.00189. The second-order valence-electron chi connectivity index (χ2n) is 5.71. The molecule has 1 aromatic carbocycles. The molecular weight excluding hydrogens is 254 g/mol. The molecule has 2 N–H and O–H groups in total. The van der Waals surface area contributed by atoms with Gasteiger partial charge in [-0.05, 0) is 49.3 Å². The van der Waals surface area contributed by atoms with Gasteiger partial charge in [0.05, 0.1) is 5.56 Å². The van der Waals surface area contributed by atoms with Gasteiger partial charge >= 0.3 is 5.97 Å². The van der Waals surface area contributed by atoms with Crippen LogP contribution in [0.4, 0.5) is 5.69 Å². The summed E-state index contributed by atoms with van der Waals surface area (Å²) < 4.78 is 0. The average molecular weight is 271 g/mol. The molecule has 2 aliphatic carbocycles. The molecule has 3 unspecified atom stereocenters. The highest BCUT2D eigenvalue weighted by molar-refractivity contribution is 5.96. The number of carbonyl (C=O) groups is 2. The third-order valence-corrected chi connectivity index (χ3v) is 4.35. The van der Waals surface area contributed by atoms with Crippen molar-refractivity contribution in [3.8, 4) is 0 Å². The number of carbonyl (C=O) groups excluding carboxylic acids is 1. The summed E-state index contributed by atoms with van der Waals surface area (Å²) >= 11 is 0. The van der Waals surface area contributed by atoms with E-state index in [9.17, 15) is 9.59 Å². The SMILES string of the molecule is Cc1ccc(NC(=O)C2CC3C=CC2C3)cc1C(=O)O. The highest BCUT2D eigenvalue weighted by Gasteiger charge is 2.39. The first-order valence-corrected chi connectivity index (χ1v) is 6.87. The molecule has 104 valence electrons. The molecule has 1 amide bonds. The van der Waals surface area contributed by atoms with Crippen molar-refractivity contribution in [2.45, 2.75) is 19.8 Å². The molecule has 1 saturated carbocycles. The number of carboxylic acid groups (broad SMARTS) is 1. The second-order valence-corrected chi connectivity index (χ2v) is 5.71. The Labute approximate surface area is 117 Å². The summed E-state index contributed by atoms with van der Waals surface area (Å²) in [6.45, 7) is 1.75. The third-order valence-electron chi connectivity index (χ3n) is 4.35. The van der Waals surface area contributed by atoms with Gasteiger partial charge in [-0.3, -0.25) is 4.79 Å². The Balaban J connectivity index is 1.75. The van der Waals surface area contributed by atoms with Crippen LogP contribution in [0.25, 0.3) is 0 Å². The molecule has 1 fully saturated rings. The van der Waals surface area contributed by atoms with Crippen molar-refractivity contribution in [1.82, 2.24) is 0 Å². The molecule has 2 aliphatic rings. The number of fused-ring (bicyclic) bond motifs is 2. The van der Waals surface area contributed by atoms with E-state index in [-0.39, 0.29) is 17.4 Å². The van der Waals surface area contributed by atoms with Crippen molar-refractivity contribution in [1.29, 1.82) is 0 Å². The fraction of sp³-hybridized carbons (Fsp3) is 0.375. The van der Waals surface area contributed by atoms with E-state index in [0.717, 1.165) is 12.8 Å². The Hall–Kier alpha value is -2.10. The van der Waals surface area contributed by atoms with Gasteiger partial charge in [-0.15, -0.1) is 0 Å². The number of nitrogens with one attached hydrogen (secondary N) is 1. The fourth-order valence-electron chi connectivity index (χ4n) is 3.25. The van der Waals surface area contributed by atoms with Crippen LogP contribution >= 0.6 is 0 Å². The van der Waals surface area contributed by atoms with Crippen molar-refractivity contribution in [3.05, 3.63) is 41.5 Å². The summed E-state index contributed by atoms with van der Waals surface area (Å²) in [7, 11) is 0. The second kappa shape index (κ2) is 4.78. The molecule has 0 aliphatic heterocycles. The van der Waals surface area contributed by atoms with Crippen LogP contribution in [-0.4, -0.2) is 17.0 Å². The molecule has 0 spiro atoms. The molecule has 2 bridgehead atoms. The van der Waals surface area contributed by atoms with Gasteiger partial charge in [0.2, 0.25) is 5.91 Å². The zero-order chi connectivity index (χ0) is 14.3. The molecule has 0 aromatic heterocycles. The summed E-state index contributed by atoms with van der Waals surface area (Å²) in [4.78, 5) is 23.4. The Morgan fingerprint density at radius 2 is 2.05 bits per heavy atom. The van der Waals surface area contributed by atoms with E-state index in [1.165, 1.54) is 6.07 Å². The van der Waals surface area contributed by atoms with Gasteiger partial charge in [-0.25, -0.2) is 4.79 Å². The Morgan fingerprint density at radius 3 is 2.65 bits per heavy atom. The van der Waals surface area contributed by atoms with Crippen molar-refractivity contribution in [2.24, 2.45) is 17.8 Å². The summed E-state index contributed by atoms with van der Waals surface area (Å²) in [6, 6.07) is 5.00. The van der Waals surface area contributed by atoms with Crippen LogP contribution in [0.15, 0.2) is 30.4 Å². The smallest absolute Gasteiger partial charge is 0.336 e. The van der Waals surface area contributed by atoms with Crippen LogP contribution in [0.1, 0.15) is 28.8 Å². The van der Waals surface area contributed by atoms with Gasteiger partial charge in [0.25, 0.3) is 0 Å². The van der Waals surface area contributed by atoms with Gasteiger partial charge in [0.1, 0.15) is 0 Å². The fourth-order valence-corrected chi connectivity index (χ4v) is 3.25. The number of rotatable bonds is 3. The Morgan fingerprint density at radius 1 is 1.25 bits per heavy atom. The summed E-state index contributed by atoms with van der Waals surface area (Å²) in [5.74, 6) is -0.0455. The Bertz CT molecular complexity index is 606. The molecule has 20 heavy (non-hydrogen) atoms. The number of hydrogen-bond donors (Lipinski definition) is 2. The van der Waals surface area contributed by atoms with Gasteiger partial charge < -0.3 is 10.4 Å². The maximum absolute atomic E-state index is 12.3. The van der Waals surface area contributed by atoms with E-state index in [4.69, 9.17) is 5.11 Å². The molecule has 0 radical (unpaired) electrons.